The second-order valence-corrected chi connectivity index (χ2v) is 8.17. The zero-order valence-electron chi connectivity index (χ0n) is 21.2. The van der Waals surface area contributed by atoms with Gasteiger partial charge in [0.1, 0.15) is 17.3 Å². The van der Waals surface area contributed by atoms with Crippen LogP contribution in [-0.4, -0.2) is 44.2 Å². The van der Waals surface area contributed by atoms with Crippen molar-refractivity contribution in [1.29, 1.82) is 0 Å². The number of amides is 1. The Bertz CT molecular complexity index is 1350. The summed E-state index contributed by atoms with van der Waals surface area (Å²) in [6.07, 6.45) is 0. The molecule has 0 bridgehead atoms. The molecule has 1 saturated heterocycles. The molecule has 1 unspecified atom stereocenters. The van der Waals surface area contributed by atoms with E-state index in [-0.39, 0.29) is 11.3 Å². The van der Waals surface area contributed by atoms with E-state index in [0.717, 1.165) is 0 Å². The maximum absolute atomic E-state index is 13.5. The highest BCUT2D eigenvalue weighted by molar-refractivity contribution is 6.51. The number of ether oxygens (including phenoxy) is 4. The highest BCUT2D eigenvalue weighted by Gasteiger charge is 2.47. The number of Topliss-reactive ketones (excluding diaryl/α,β-unsaturated/α-hetero) is 1. The molecule has 8 heteroatoms. The second kappa shape index (κ2) is 11.1. The number of methoxy groups -OCH3 is 2. The van der Waals surface area contributed by atoms with Crippen molar-refractivity contribution >= 4 is 23.1 Å². The predicted molar refractivity (Wildman–Crippen MR) is 140 cm³/mol. The molecular weight excluding hydrogens is 474 g/mol. The Kier molecular flexibility index (Phi) is 7.67. The van der Waals surface area contributed by atoms with E-state index in [1.165, 1.54) is 19.1 Å². The lowest BCUT2D eigenvalue weighted by molar-refractivity contribution is -0.132. The summed E-state index contributed by atoms with van der Waals surface area (Å²) in [5.41, 5.74) is 1.33. The summed E-state index contributed by atoms with van der Waals surface area (Å²) in [6.45, 7) is 4.63. The largest absolute Gasteiger partial charge is 0.507 e. The second-order valence-electron chi connectivity index (χ2n) is 8.17. The van der Waals surface area contributed by atoms with Crippen LogP contribution in [-0.2, 0) is 9.59 Å². The average Bonchev–Trinajstić information content (AvgIpc) is 3.18. The van der Waals surface area contributed by atoms with Crippen molar-refractivity contribution in [3.05, 3.63) is 83.4 Å². The SMILES string of the molecule is CCOc1cccc(C2/C(=C(\O)c3ccc(OC)c(OC)c3)C(=O)C(=O)N2c2cccc(OCC)c2)c1. The maximum atomic E-state index is 13.5. The van der Waals surface area contributed by atoms with Crippen molar-refractivity contribution in [2.45, 2.75) is 19.9 Å². The summed E-state index contributed by atoms with van der Waals surface area (Å²) >= 11 is 0. The number of nitrogens with zero attached hydrogens (tertiary/aromatic N) is 1. The summed E-state index contributed by atoms with van der Waals surface area (Å²) in [4.78, 5) is 28.3. The highest BCUT2D eigenvalue weighted by Crippen LogP contribution is 2.44. The number of hydrogen-bond acceptors (Lipinski definition) is 7. The Hall–Kier alpha value is -4.46. The smallest absolute Gasteiger partial charge is 0.300 e. The lowest BCUT2D eigenvalue weighted by Crippen LogP contribution is -2.29. The van der Waals surface area contributed by atoms with Gasteiger partial charge in [-0.15, -0.1) is 0 Å². The van der Waals surface area contributed by atoms with Crippen LogP contribution in [0.2, 0.25) is 0 Å². The van der Waals surface area contributed by atoms with Gasteiger partial charge in [-0.2, -0.15) is 0 Å². The quantitative estimate of drug-likeness (QED) is 0.246. The van der Waals surface area contributed by atoms with Crippen LogP contribution in [0.3, 0.4) is 0 Å². The molecule has 1 fully saturated rings. The molecule has 1 aliphatic rings. The predicted octanol–water partition coefficient (Wildman–Crippen LogP) is 5.13. The van der Waals surface area contributed by atoms with Gasteiger partial charge in [0.25, 0.3) is 11.7 Å². The van der Waals surface area contributed by atoms with Crippen molar-refractivity contribution in [3.63, 3.8) is 0 Å². The molecule has 0 spiro atoms. The number of carbonyl (C=O) groups excluding carboxylic acids is 2. The van der Waals surface area contributed by atoms with Crippen LogP contribution in [0.25, 0.3) is 5.76 Å². The number of aliphatic hydroxyl groups is 1. The van der Waals surface area contributed by atoms with Gasteiger partial charge in [-0.1, -0.05) is 18.2 Å². The van der Waals surface area contributed by atoms with Crippen LogP contribution >= 0.6 is 0 Å². The van der Waals surface area contributed by atoms with Gasteiger partial charge in [0.05, 0.1) is 39.0 Å². The zero-order valence-corrected chi connectivity index (χ0v) is 21.2. The first-order valence-corrected chi connectivity index (χ1v) is 11.9. The monoisotopic (exact) mass is 503 g/mol. The first-order valence-electron chi connectivity index (χ1n) is 11.9. The molecule has 8 nitrogen and oxygen atoms in total. The minimum atomic E-state index is -0.912. The average molecular weight is 504 g/mol. The van der Waals surface area contributed by atoms with E-state index in [0.29, 0.717) is 53.0 Å². The fourth-order valence-corrected chi connectivity index (χ4v) is 4.38. The molecule has 0 aliphatic carbocycles. The third-order valence-corrected chi connectivity index (χ3v) is 5.99. The topological polar surface area (TPSA) is 94.5 Å². The van der Waals surface area contributed by atoms with Crippen LogP contribution in [0.1, 0.15) is 31.0 Å². The van der Waals surface area contributed by atoms with E-state index in [4.69, 9.17) is 18.9 Å². The summed E-state index contributed by atoms with van der Waals surface area (Å²) < 4.78 is 21.9. The van der Waals surface area contributed by atoms with Crippen LogP contribution in [0.4, 0.5) is 5.69 Å². The van der Waals surface area contributed by atoms with Crippen LogP contribution in [0.15, 0.2) is 72.3 Å². The number of aliphatic hydroxyl groups excluding tert-OH is 1. The number of anilines is 1. The standard InChI is InChI=1S/C29H29NO7/c1-5-36-21-11-7-9-18(15-21)26-25(27(31)19-13-14-23(34-3)24(16-19)35-4)28(32)29(33)30(26)20-10-8-12-22(17-20)37-6-2/h7-17,26,31H,5-6H2,1-4H3/b27-25+. The zero-order chi connectivity index (χ0) is 26.5. The van der Waals surface area contributed by atoms with Crippen molar-refractivity contribution in [2.75, 3.05) is 32.3 Å². The number of hydrogen-bond donors (Lipinski definition) is 1. The Morgan fingerprint density at radius 3 is 2.14 bits per heavy atom. The van der Waals surface area contributed by atoms with Gasteiger partial charge in [-0.05, 0) is 61.9 Å². The Morgan fingerprint density at radius 2 is 1.49 bits per heavy atom. The summed E-state index contributed by atoms with van der Waals surface area (Å²) in [5, 5.41) is 11.4. The molecule has 1 amide bonds. The van der Waals surface area contributed by atoms with E-state index in [1.807, 2.05) is 13.8 Å². The maximum Gasteiger partial charge on any atom is 0.300 e. The van der Waals surface area contributed by atoms with Gasteiger partial charge in [-0.3, -0.25) is 14.5 Å². The fraction of sp³-hybridized carbons (Fsp3) is 0.241. The minimum absolute atomic E-state index is 0.0484. The summed E-state index contributed by atoms with van der Waals surface area (Å²) in [5.74, 6) is 0.0923. The lowest BCUT2D eigenvalue weighted by atomic mass is 9.94. The first kappa shape index (κ1) is 25.6. The van der Waals surface area contributed by atoms with Gasteiger partial charge in [0.15, 0.2) is 11.5 Å². The van der Waals surface area contributed by atoms with Crippen molar-refractivity contribution in [1.82, 2.24) is 0 Å². The van der Waals surface area contributed by atoms with Gasteiger partial charge >= 0.3 is 0 Å². The summed E-state index contributed by atoms with van der Waals surface area (Å²) in [6, 6.07) is 18.0. The van der Waals surface area contributed by atoms with Crippen LogP contribution < -0.4 is 23.8 Å². The molecule has 4 rings (SSSR count). The Balaban J connectivity index is 1.93. The number of rotatable bonds is 9. The molecule has 3 aromatic rings. The molecule has 37 heavy (non-hydrogen) atoms. The molecule has 3 aromatic carbocycles. The van der Waals surface area contributed by atoms with Crippen LogP contribution in [0.5, 0.6) is 23.0 Å². The molecule has 0 radical (unpaired) electrons. The molecule has 192 valence electrons. The number of carbonyl (C=O) groups is 2. The fourth-order valence-electron chi connectivity index (χ4n) is 4.38. The van der Waals surface area contributed by atoms with E-state index in [9.17, 15) is 14.7 Å². The third-order valence-electron chi connectivity index (χ3n) is 5.99. The molecular formula is C29H29NO7. The van der Waals surface area contributed by atoms with E-state index < -0.39 is 17.7 Å². The Morgan fingerprint density at radius 1 is 0.838 bits per heavy atom. The van der Waals surface area contributed by atoms with E-state index in [1.54, 1.807) is 66.7 Å². The van der Waals surface area contributed by atoms with Crippen molar-refractivity contribution in [2.24, 2.45) is 0 Å². The van der Waals surface area contributed by atoms with Gasteiger partial charge < -0.3 is 24.1 Å². The molecule has 1 aliphatic heterocycles. The van der Waals surface area contributed by atoms with Crippen molar-refractivity contribution < 1.29 is 33.6 Å². The highest BCUT2D eigenvalue weighted by atomic mass is 16.5. The number of ketones is 1. The van der Waals surface area contributed by atoms with Gasteiger partial charge in [0.2, 0.25) is 0 Å². The van der Waals surface area contributed by atoms with Gasteiger partial charge in [-0.25, -0.2) is 0 Å². The molecule has 1 N–H and O–H groups in total. The van der Waals surface area contributed by atoms with Crippen molar-refractivity contribution in [3.8, 4) is 23.0 Å². The Labute approximate surface area is 215 Å². The van der Waals surface area contributed by atoms with E-state index in [2.05, 4.69) is 0 Å². The molecule has 1 heterocycles. The normalized spacial score (nSPS) is 16.5. The summed E-state index contributed by atoms with van der Waals surface area (Å²) in [7, 11) is 2.98. The molecule has 0 saturated carbocycles. The molecule has 0 aromatic heterocycles. The van der Waals surface area contributed by atoms with E-state index >= 15 is 0 Å². The first-order chi connectivity index (χ1) is 17.9. The molecule has 1 atom stereocenters. The van der Waals surface area contributed by atoms with Gasteiger partial charge in [0, 0.05) is 17.3 Å². The number of benzene rings is 3. The minimum Gasteiger partial charge on any atom is -0.507 e. The van der Waals surface area contributed by atoms with Crippen LogP contribution in [0, 0.1) is 0 Å². The third kappa shape index (κ3) is 4.95. The lowest BCUT2D eigenvalue weighted by Gasteiger charge is -2.26.